The Morgan fingerprint density at radius 1 is 1.00 bits per heavy atom. The number of likely N-dealkylation sites (tertiary alicyclic amines) is 1. The average molecular weight is 556 g/mol. The fraction of sp³-hybridized carbons (Fsp3) is 0.576. The zero-order chi connectivity index (χ0) is 28.9. The van der Waals surface area contributed by atoms with Crippen LogP contribution in [0.25, 0.3) is 22.0 Å². The Morgan fingerprint density at radius 2 is 1.73 bits per heavy atom. The van der Waals surface area contributed by atoms with E-state index >= 15 is 0 Å². The Morgan fingerprint density at radius 3 is 2.44 bits per heavy atom. The third-order valence-corrected chi connectivity index (χ3v) is 9.82. The van der Waals surface area contributed by atoms with Crippen LogP contribution in [0, 0.1) is 25.2 Å². The van der Waals surface area contributed by atoms with Gasteiger partial charge < -0.3 is 4.90 Å². The zero-order valence-corrected chi connectivity index (χ0v) is 24.8. The van der Waals surface area contributed by atoms with E-state index in [0.717, 1.165) is 53.8 Å². The fourth-order valence-electron chi connectivity index (χ4n) is 7.44. The van der Waals surface area contributed by atoms with E-state index in [-0.39, 0.29) is 41.5 Å². The van der Waals surface area contributed by atoms with Crippen LogP contribution < -0.4 is 0 Å². The number of Topliss-reactive ketones (excluding diaryl/α,β-unsaturated/α-hetero) is 2. The van der Waals surface area contributed by atoms with Gasteiger partial charge in [0.15, 0.2) is 11.6 Å². The van der Waals surface area contributed by atoms with Gasteiger partial charge in [-0.15, -0.1) is 0 Å². The normalized spacial score (nSPS) is 24.0. The molecule has 41 heavy (non-hydrogen) atoms. The molecule has 0 spiro atoms. The second-order valence-corrected chi connectivity index (χ2v) is 13.0. The Kier molecular flexibility index (Phi) is 7.28. The third kappa shape index (κ3) is 5.33. The van der Waals surface area contributed by atoms with E-state index in [0.29, 0.717) is 23.3 Å². The number of piperidine rings is 1. The van der Waals surface area contributed by atoms with Crippen molar-refractivity contribution in [1.29, 1.82) is 0 Å². The van der Waals surface area contributed by atoms with Crippen LogP contribution in [-0.2, 0) is 16.1 Å². The molecule has 3 atom stereocenters. The minimum absolute atomic E-state index is 0.00996. The molecule has 3 aromatic rings. The first-order chi connectivity index (χ1) is 19.6. The van der Waals surface area contributed by atoms with Gasteiger partial charge in [0.25, 0.3) is 0 Å². The summed E-state index contributed by atoms with van der Waals surface area (Å²) in [5, 5.41) is 5.36. The smallest absolute Gasteiger partial charge is 0.245 e. The van der Waals surface area contributed by atoms with Gasteiger partial charge in [-0.2, -0.15) is 5.10 Å². The number of ketones is 2. The zero-order valence-electron chi connectivity index (χ0n) is 24.8. The summed E-state index contributed by atoms with van der Waals surface area (Å²) < 4.78 is 1.67. The highest BCUT2D eigenvalue weighted by atomic mass is 16.2. The molecule has 3 heterocycles. The van der Waals surface area contributed by atoms with Gasteiger partial charge in [0.05, 0.1) is 11.6 Å². The molecule has 3 aliphatic rings. The first-order valence-corrected chi connectivity index (χ1v) is 15.3. The first-order valence-electron chi connectivity index (χ1n) is 15.3. The van der Waals surface area contributed by atoms with Crippen molar-refractivity contribution in [2.24, 2.45) is 11.3 Å². The van der Waals surface area contributed by atoms with Crippen LogP contribution in [0.15, 0.2) is 24.5 Å². The van der Waals surface area contributed by atoms with Crippen molar-refractivity contribution in [2.45, 2.75) is 111 Å². The van der Waals surface area contributed by atoms with Crippen LogP contribution in [0.4, 0.5) is 0 Å². The monoisotopic (exact) mass is 555 g/mol. The number of carbonyl (C=O) groups is 3. The summed E-state index contributed by atoms with van der Waals surface area (Å²) >= 11 is 0. The minimum atomic E-state index is -0.346. The highest BCUT2D eigenvalue weighted by Gasteiger charge is 2.64. The van der Waals surface area contributed by atoms with Crippen molar-refractivity contribution in [1.82, 2.24) is 24.6 Å². The van der Waals surface area contributed by atoms with Gasteiger partial charge in [0, 0.05) is 42.7 Å². The number of benzene rings is 1. The molecule has 0 unspecified atom stereocenters. The van der Waals surface area contributed by atoms with Gasteiger partial charge in [0.2, 0.25) is 5.91 Å². The molecule has 2 aliphatic carbocycles. The maximum absolute atomic E-state index is 13.9. The summed E-state index contributed by atoms with van der Waals surface area (Å²) in [6.07, 6.45) is 14.4. The molecular formula is C33H41N5O3. The number of rotatable bonds is 9. The molecule has 8 heteroatoms. The van der Waals surface area contributed by atoms with E-state index in [1.54, 1.807) is 17.1 Å². The lowest BCUT2D eigenvalue weighted by Crippen LogP contribution is -2.44. The minimum Gasteiger partial charge on any atom is -0.327 e. The van der Waals surface area contributed by atoms with Crippen LogP contribution in [0.1, 0.15) is 99.9 Å². The van der Waals surface area contributed by atoms with Crippen molar-refractivity contribution in [3.05, 3.63) is 41.6 Å². The summed E-state index contributed by atoms with van der Waals surface area (Å²) in [5.41, 5.74) is 3.83. The molecule has 0 N–H and O–H groups in total. The molecular weight excluding hydrogens is 514 g/mol. The highest BCUT2D eigenvalue weighted by molar-refractivity contribution is 6.07. The van der Waals surface area contributed by atoms with Gasteiger partial charge in [-0.25, -0.2) is 9.97 Å². The maximum atomic E-state index is 13.9. The molecule has 8 nitrogen and oxygen atoms in total. The molecule has 216 valence electrons. The molecule has 2 saturated carbocycles. The largest absolute Gasteiger partial charge is 0.327 e. The first kappa shape index (κ1) is 27.7. The summed E-state index contributed by atoms with van der Waals surface area (Å²) in [6.45, 7) is 7.53. The predicted molar refractivity (Wildman–Crippen MR) is 157 cm³/mol. The van der Waals surface area contributed by atoms with E-state index in [4.69, 9.17) is 0 Å². The van der Waals surface area contributed by atoms with Crippen molar-refractivity contribution < 1.29 is 14.4 Å². The molecule has 6 rings (SSSR count). The average Bonchev–Trinajstić information content (AvgIpc) is 3.30. The Balaban J connectivity index is 1.23. The maximum Gasteiger partial charge on any atom is 0.245 e. The summed E-state index contributed by atoms with van der Waals surface area (Å²) in [7, 11) is 0. The van der Waals surface area contributed by atoms with Crippen molar-refractivity contribution in [2.75, 3.05) is 0 Å². The van der Waals surface area contributed by atoms with Crippen LogP contribution in [-0.4, -0.2) is 54.2 Å². The Hall–Kier alpha value is -3.42. The van der Waals surface area contributed by atoms with E-state index in [2.05, 4.69) is 22.0 Å². The number of amides is 1. The third-order valence-electron chi connectivity index (χ3n) is 9.82. The molecule has 2 aromatic heterocycles. The summed E-state index contributed by atoms with van der Waals surface area (Å²) in [4.78, 5) is 50.5. The Bertz CT molecular complexity index is 1500. The number of hydrogen-bond acceptors (Lipinski definition) is 6. The van der Waals surface area contributed by atoms with Crippen LogP contribution >= 0.6 is 0 Å². The predicted octanol–water partition coefficient (Wildman–Crippen LogP) is 6.01. The van der Waals surface area contributed by atoms with E-state index in [9.17, 15) is 14.4 Å². The number of aryl methyl sites for hydroxylation is 2. The van der Waals surface area contributed by atoms with Crippen molar-refractivity contribution in [3.63, 3.8) is 0 Å². The van der Waals surface area contributed by atoms with Gasteiger partial charge in [-0.3, -0.25) is 19.1 Å². The molecule has 0 bridgehead atoms. The highest BCUT2D eigenvalue weighted by Crippen LogP contribution is 2.59. The molecule has 1 saturated heterocycles. The quantitative estimate of drug-likeness (QED) is 0.300. The second kappa shape index (κ2) is 10.8. The van der Waals surface area contributed by atoms with Gasteiger partial charge >= 0.3 is 0 Å². The second-order valence-electron chi connectivity index (χ2n) is 13.0. The molecule has 1 amide bonds. The molecule has 1 aromatic carbocycles. The standard InChI is InChI=1S/C33H41N5O3/c1-20-13-24(25-17-34-22(3)35-18-25)14-26-31(21(2)39)36-37(32(20)26)19-30(41)38-27(15-33(4)16-29(33)38)28(40)12-8-11-23-9-6-5-7-10-23/h13-14,17-18,23,27,29H,5-12,15-16,19H2,1-4H3/t27-,29+,33-/m0/s1. The summed E-state index contributed by atoms with van der Waals surface area (Å²) in [5.74, 6) is 1.42. The van der Waals surface area contributed by atoms with Crippen LogP contribution in [0.2, 0.25) is 0 Å². The lowest BCUT2D eigenvalue weighted by Gasteiger charge is -2.27. The van der Waals surface area contributed by atoms with E-state index in [1.807, 2.05) is 30.9 Å². The number of carbonyl (C=O) groups excluding carboxylic acids is 3. The van der Waals surface area contributed by atoms with Gasteiger partial charge in [-0.05, 0) is 67.7 Å². The number of aromatic nitrogens is 4. The number of hydrogen-bond donors (Lipinski definition) is 0. The Labute approximate surface area is 241 Å². The van der Waals surface area contributed by atoms with E-state index in [1.165, 1.54) is 39.0 Å². The SMILES string of the molecule is CC(=O)c1nn(CC(=O)N2[C@H](C(=O)CCCC3CCCCC3)C[C@@]3(C)C[C@@H]23)c2c(C)cc(-c3cnc(C)nc3)cc12. The van der Waals surface area contributed by atoms with Gasteiger partial charge in [-0.1, -0.05) is 45.4 Å². The van der Waals surface area contributed by atoms with Crippen molar-refractivity contribution >= 4 is 28.4 Å². The number of nitrogens with zero attached hydrogens (tertiary/aromatic N) is 5. The lowest BCUT2D eigenvalue weighted by atomic mass is 9.85. The molecule has 3 fully saturated rings. The number of fused-ring (bicyclic) bond motifs is 2. The van der Waals surface area contributed by atoms with Gasteiger partial charge in [0.1, 0.15) is 18.1 Å². The van der Waals surface area contributed by atoms with Crippen LogP contribution in [0.5, 0.6) is 0 Å². The topological polar surface area (TPSA) is 98.1 Å². The summed E-state index contributed by atoms with van der Waals surface area (Å²) in [6, 6.07) is 3.73. The van der Waals surface area contributed by atoms with Crippen molar-refractivity contribution in [3.8, 4) is 11.1 Å². The van der Waals surface area contributed by atoms with Crippen LogP contribution in [0.3, 0.4) is 0 Å². The lowest BCUT2D eigenvalue weighted by molar-refractivity contribution is -0.139. The fourth-order valence-corrected chi connectivity index (χ4v) is 7.44. The molecule has 0 radical (unpaired) electrons. The molecule has 1 aliphatic heterocycles. The van der Waals surface area contributed by atoms with E-state index < -0.39 is 0 Å².